The van der Waals surface area contributed by atoms with Crippen molar-refractivity contribution in [2.75, 3.05) is 25.5 Å². The lowest BCUT2D eigenvalue weighted by Crippen LogP contribution is -2.28. The van der Waals surface area contributed by atoms with Crippen molar-refractivity contribution in [3.05, 3.63) is 33.9 Å². The molecular weight excluding hydrogens is 268 g/mol. The number of nitro benzene ring substituents is 1. The third-order valence-corrected chi connectivity index (χ3v) is 3.14. The van der Waals surface area contributed by atoms with Crippen molar-refractivity contribution < 1.29 is 13.7 Å². The smallest absolute Gasteiger partial charge is 0.295 e. The van der Waals surface area contributed by atoms with Gasteiger partial charge in [0.1, 0.15) is 0 Å². The molecule has 0 spiro atoms. The molecule has 0 saturated carbocycles. The molecule has 1 N–H and O–H groups in total. The van der Waals surface area contributed by atoms with Crippen molar-refractivity contribution in [1.82, 2.24) is 4.90 Å². The highest BCUT2D eigenvalue weighted by molar-refractivity contribution is 5.62. The lowest BCUT2D eigenvalue weighted by Gasteiger charge is -2.20. The summed E-state index contributed by atoms with van der Waals surface area (Å²) in [6.07, 6.45) is 0.668. The van der Waals surface area contributed by atoms with Crippen LogP contribution in [0.5, 0.6) is 0 Å². The first kappa shape index (κ1) is 16.3. The van der Waals surface area contributed by atoms with E-state index in [1.807, 2.05) is 20.9 Å². The minimum Gasteiger partial charge on any atom is -0.377 e. The van der Waals surface area contributed by atoms with Crippen molar-refractivity contribution in [2.45, 2.75) is 26.3 Å². The van der Waals surface area contributed by atoms with Gasteiger partial charge in [-0.25, -0.2) is 8.78 Å². The van der Waals surface area contributed by atoms with E-state index >= 15 is 0 Å². The van der Waals surface area contributed by atoms with Crippen LogP contribution in [0.25, 0.3) is 0 Å². The number of nitrogens with one attached hydrogen (secondary N) is 1. The van der Waals surface area contributed by atoms with Gasteiger partial charge < -0.3 is 10.2 Å². The zero-order valence-corrected chi connectivity index (χ0v) is 11.8. The number of hydrogen-bond donors (Lipinski definition) is 1. The lowest BCUT2D eigenvalue weighted by molar-refractivity contribution is -0.384. The summed E-state index contributed by atoms with van der Waals surface area (Å²) >= 11 is 0. The van der Waals surface area contributed by atoms with Gasteiger partial charge in [0.25, 0.3) is 5.69 Å². The second-order valence-electron chi connectivity index (χ2n) is 4.87. The molecule has 112 valence electrons. The van der Waals surface area contributed by atoms with Crippen LogP contribution in [0.1, 0.15) is 20.3 Å². The maximum Gasteiger partial charge on any atom is 0.295 e. The maximum atomic E-state index is 13.6. The Morgan fingerprint density at radius 2 is 2.05 bits per heavy atom. The zero-order valence-electron chi connectivity index (χ0n) is 11.8. The topological polar surface area (TPSA) is 58.4 Å². The van der Waals surface area contributed by atoms with Crippen molar-refractivity contribution in [1.29, 1.82) is 0 Å². The molecule has 0 saturated heterocycles. The fourth-order valence-corrected chi connectivity index (χ4v) is 1.66. The van der Waals surface area contributed by atoms with Crippen molar-refractivity contribution >= 4 is 11.4 Å². The van der Waals surface area contributed by atoms with Gasteiger partial charge in [-0.15, -0.1) is 0 Å². The molecule has 0 radical (unpaired) electrons. The highest BCUT2D eigenvalue weighted by Crippen LogP contribution is 2.28. The van der Waals surface area contributed by atoms with Gasteiger partial charge in [0, 0.05) is 18.7 Å². The molecular formula is C13H19F2N3O2. The summed E-state index contributed by atoms with van der Waals surface area (Å²) in [5, 5.41) is 13.4. The van der Waals surface area contributed by atoms with Crippen LogP contribution in [0.2, 0.25) is 0 Å². The summed E-state index contributed by atoms with van der Waals surface area (Å²) in [6.45, 7) is 5.18. The molecule has 5 nitrogen and oxygen atoms in total. The molecule has 0 amide bonds. The number of halogens is 2. The molecule has 0 aromatic heterocycles. The van der Waals surface area contributed by atoms with E-state index in [0.29, 0.717) is 19.0 Å². The molecule has 0 aliphatic carbocycles. The molecule has 0 fully saturated rings. The highest BCUT2D eigenvalue weighted by Gasteiger charge is 2.21. The third-order valence-electron chi connectivity index (χ3n) is 3.14. The Morgan fingerprint density at radius 3 is 2.60 bits per heavy atom. The Hall–Kier alpha value is -1.76. The molecule has 0 atom stereocenters. The van der Waals surface area contributed by atoms with E-state index in [1.54, 1.807) is 0 Å². The standard InChI is InChI=1S/C13H19F2N3O2/c1-9(2)17(3)8-4-7-16-13-11(18(19)20)6-5-10(14)12(13)15/h5-6,9,16H,4,7-8H2,1-3H3. The fourth-order valence-electron chi connectivity index (χ4n) is 1.66. The van der Waals surface area contributed by atoms with Crippen LogP contribution in [0.15, 0.2) is 12.1 Å². The first-order valence-electron chi connectivity index (χ1n) is 6.41. The summed E-state index contributed by atoms with van der Waals surface area (Å²) in [5.41, 5.74) is -0.844. The second-order valence-corrected chi connectivity index (χ2v) is 4.87. The van der Waals surface area contributed by atoms with E-state index in [4.69, 9.17) is 0 Å². The second kappa shape index (κ2) is 7.14. The Labute approximate surface area is 116 Å². The van der Waals surface area contributed by atoms with Gasteiger partial charge >= 0.3 is 0 Å². The van der Waals surface area contributed by atoms with E-state index in [9.17, 15) is 18.9 Å². The Kier molecular flexibility index (Phi) is 5.82. The minimum absolute atomic E-state index is 0.332. The van der Waals surface area contributed by atoms with Crippen molar-refractivity contribution in [3.8, 4) is 0 Å². The quantitative estimate of drug-likeness (QED) is 0.476. The monoisotopic (exact) mass is 287 g/mol. The number of anilines is 1. The zero-order chi connectivity index (χ0) is 15.3. The first-order valence-corrected chi connectivity index (χ1v) is 6.41. The number of hydrogen-bond acceptors (Lipinski definition) is 4. The summed E-state index contributed by atoms with van der Waals surface area (Å²) in [7, 11) is 1.95. The number of rotatable bonds is 7. The average Bonchev–Trinajstić information content (AvgIpc) is 2.38. The molecule has 1 aromatic carbocycles. The van der Waals surface area contributed by atoms with Crippen LogP contribution in [0.3, 0.4) is 0 Å². The van der Waals surface area contributed by atoms with Crippen LogP contribution < -0.4 is 5.32 Å². The minimum atomic E-state index is -1.21. The summed E-state index contributed by atoms with van der Waals surface area (Å²) < 4.78 is 26.7. The summed E-state index contributed by atoms with van der Waals surface area (Å²) in [6, 6.07) is 2.10. The Bertz CT molecular complexity index is 481. The molecule has 20 heavy (non-hydrogen) atoms. The largest absolute Gasteiger partial charge is 0.377 e. The van der Waals surface area contributed by atoms with E-state index in [-0.39, 0.29) is 5.69 Å². The van der Waals surface area contributed by atoms with Gasteiger partial charge in [0.05, 0.1) is 4.92 Å². The van der Waals surface area contributed by atoms with E-state index in [2.05, 4.69) is 10.2 Å². The predicted octanol–water partition coefficient (Wildman–Crippen LogP) is 3.02. The van der Waals surface area contributed by atoms with Gasteiger partial charge in [-0.1, -0.05) is 0 Å². The molecule has 0 heterocycles. The van der Waals surface area contributed by atoms with Gasteiger partial charge in [0.2, 0.25) is 0 Å². The van der Waals surface area contributed by atoms with Gasteiger partial charge in [-0.05, 0) is 39.9 Å². The molecule has 7 heteroatoms. The van der Waals surface area contributed by atoms with E-state index in [1.165, 1.54) is 0 Å². The molecule has 0 unspecified atom stereocenters. The van der Waals surface area contributed by atoms with Crippen LogP contribution in [0.4, 0.5) is 20.2 Å². The lowest BCUT2D eigenvalue weighted by atomic mass is 10.2. The Balaban J connectivity index is 2.68. The van der Waals surface area contributed by atoms with Crippen molar-refractivity contribution in [2.24, 2.45) is 0 Å². The fraction of sp³-hybridized carbons (Fsp3) is 0.538. The van der Waals surface area contributed by atoms with Crippen LogP contribution in [-0.4, -0.2) is 36.0 Å². The van der Waals surface area contributed by atoms with E-state index < -0.39 is 22.2 Å². The third kappa shape index (κ3) is 4.12. The number of nitro groups is 1. The number of benzene rings is 1. The summed E-state index contributed by atoms with van der Waals surface area (Å²) in [4.78, 5) is 12.1. The first-order chi connectivity index (χ1) is 9.34. The highest BCUT2D eigenvalue weighted by atomic mass is 19.2. The van der Waals surface area contributed by atoms with Gasteiger partial charge in [0.15, 0.2) is 17.3 Å². The van der Waals surface area contributed by atoms with Gasteiger partial charge in [-0.2, -0.15) is 0 Å². The van der Waals surface area contributed by atoms with Gasteiger partial charge in [-0.3, -0.25) is 10.1 Å². The molecule has 0 bridgehead atoms. The van der Waals surface area contributed by atoms with Crippen LogP contribution in [-0.2, 0) is 0 Å². The van der Waals surface area contributed by atoms with Crippen LogP contribution in [0, 0.1) is 21.7 Å². The van der Waals surface area contributed by atoms with Crippen molar-refractivity contribution in [3.63, 3.8) is 0 Å². The normalized spacial score (nSPS) is 11.2. The number of nitrogens with zero attached hydrogens (tertiary/aromatic N) is 2. The van der Waals surface area contributed by atoms with E-state index in [0.717, 1.165) is 18.7 Å². The Morgan fingerprint density at radius 1 is 1.40 bits per heavy atom. The van der Waals surface area contributed by atoms with Crippen LogP contribution >= 0.6 is 0 Å². The predicted molar refractivity (Wildman–Crippen MR) is 73.9 cm³/mol. The molecule has 1 aromatic rings. The SMILES string of the molecule is CC(C)N(C)CCCNc1c([N+](=O)[O-])ccc(F)c1F. The maximum absolute atomic E-state index is 13.6. The molecule has 0 aliphatic rings. The molecule has 0 aliphatic heterocycles. The molecule has 1 rings (SSSR count). The average molecular weight is 287 g/mol. The summed E-state index contributed by atoms with van der Waals surface area (Å²) in [5.74, 6) is -2.31.